The van der Waals surface area contributed by atoms with Crippen molar-refractivity contribution in [3.05, 3.63) is 46.4 Å². The number of nitrogen functional groups attached to an aromatic ring is 1. The molecule has 0 saturated carbocycles. The number of ether oxygens (including phenoxy) is 1. The Labute approximate surface area is 130 Å². The molecule has 6 heteroatoms. The summed E-state index contributed by atoms with van der Waals surface area (Å²) in [7, 11) is 0. The number of benzene rings is 2. The van der Waals surface area contributed by atoms with Crippen molar-refractivity contribution in [3.63, 3.8) is 0 Å². The molecule has 21 heavy (non-hydrogen) atoms. The average molecular weight is 357 g/mol. The fourth-order valence-electron chi connectivity index (χ4n) is 1.81. The molecule has 2 aromatic carbocycles. The Hall–Kier alpha value is -1.82. The standard InChI is InChI=1S/C15H15BrF2N2O/c1-8(2)21-13-5-3-4-12(14(13)19)20-15-10(17)6-9(16)7-11(15)18/h3-8,20H,19H2,1-2H3. The molecule has 0 radical (unpaired) electrons. The van der Waals surface area contributed by atoms with Crippen LogP contribution in [0.1, 0.15) is 13.8 Å². The number of rotatable bonds is 4. The van der Waals surface area contributed by atoms with Gasteiger partial charge in [-0.25, -0.2) is 8.78 Å². The van der Waals surface area contributed by atoms with E-state index in [1.807, 2.05) is 13.8 Å². The summed E-state index contributed by atoms with van der Waals surface area (Å²) in [6, 6.07) is 7.38. The van der Waals surface area contributed by atoms with Gasteiger partial charge in [-0.15, -0.1) is 0 Å². The SMILES string of the molecule is CC(C)Oc1cccc(Nc2c(F)cc(Br)cc2F)c1N. The predicted molar refractivity (Wildman–Crippen MR) is 84.0 cm³/mol. The summed E-state index contributed by atoms with van der Waals surface area (Å²) in [4.78, 5) is 0. The largest absolute Gasteiger partial charge is 0.489 e. The fraction of sp³-hybridized carbons (Fsp3) is 0.200. The molecule has 2 aromatic rings. The van der Waals surface area contributed by atoms with Crippen LogP contribution in [0, 0.1) is 11.6 Å². The first-order valence-corrected chi connectivity index (χ1v) is 7.14. The Morgan fingerprint density at radius 1 is 1.19 bits per heavy atom. The third-order valence-electron chi connectivity index (χ3n) is 2.70. The number of nitrogens with two attached hydrogens (primary N) is 1. The Balaban J connectivity index is 2.36. The van der Waals surface area contributed by atoms with Crippen LogP contribution in [0.3, 0.4) is 0 Å². The highest BCUT2D eigenvalue weighted by atomic mass is 79.9. The predicted octanol–water partition coefficient (Wildman–Crippen LogP) is 4.84. The summed E-state index contributed by atoms with van der Waals surface area (Å²) in [6.07, 6.45) is -0.0521. The molecule has 0 saturated heterocycles. The minimum Gasteiger partial charge on any atom is -0.489 e. The molecule has 0 aromatic heterocycles. The lowest BCUT2D eigenvalue weighted by Crippen LogP contribution is -2.09. The first kappa shape index (κ1) is 15.6. The van der Waals surface area contributed by atoms with Gasteiger partial charge in [-0.3, -0.25) is 0 Å². The first-order valence-electron chi connectivity index (χ1n) is 6.35. The van der Waals surface area contributed by atoms with Crippen LogP contribution in [0.15, 0.2) is 34.8 Å². The molecular formula is C15H15BrF2N2O. The zero-order chi connectivity index (χ0) is 15.6. The highest BCUT2D eigenvalue weighted by Gasteiger charge is 2.14. The minimum atomic E-state index is -0.712. The maximum atomic E-state index is 13.8. The van der Waals surface area contributed by atoms with Gasteiger partial charge in [0.05, 0.1) is 17.5 Å². The summed E-state index contributed by atoms with van der Waals surface area (Å²) in [6.45, 7) is 3.74. The van der Waals surface area contributed by atoms with E-state index < -0.39 is 11.6 Å². The Kier molecular flexibility index (Phi) is 4.67. The number of nitrogens with one attached hydrogen (secondary N) is 1. The highest BCUT2D eigenvalue weighted by molar-refractivity contribution is 9.10. The third-order valence-corrected chi connectivity index (χ3v) is 3.15. The van der Waals surface area contributed by atoms with Crippen molar-refractivity contribution in [1.82, 2.24) is 0 Å². The second-order valence-corrected chi connectivity index (χ2v) is 5.67. The van der Waals surface area contributed by atoms with E-state index in [4.69, 9.17) is 10.5 Å². The second kappa shape index (κ2) is 6.30. The van der Waals surface area contributed by atoms with Gasteiger partial charge in [-0.1, -0.05) is 22.0 Å². The average Bonchev–Trinajstić information content (AvgIpc) is 2.37. The quantitative estimate of drug-likeness (QED) is 0.770. The van der Waals surface area contributed by atoms with E-state index in [0.29, 0.717) is 21.6 Å². The van der Waals surface area contributed by atoms with Gasteiger partial charge in [0.15, 0.2) is 11.6 Å². The number of hydrogen-bond donors (Lipinski definition) is 2. The zero-order valence-electron chi connectivity index (χ0n) is 11.6. The summed E-state index contributed by atoms with van der Waals surface area (Å²) in [5, 5.41) is 2.67. The van der Waals surface area contributed by atoms with Crippen molar-refractivity contribution in [3.8, 4) is 5.75 Å². The molecule has 0 amide bonds. The molecule has 0 aliphatic rings. The van der Waals surface area contributed by atoms with Gasteiger partial charge >= 0.3 is 0 Å². The van der Waals surface area contributed by atoms with Crippen molar-refractivity contribution in [2.45, 2.75) is 20.0 Å². The highest BCUT2D eigenvalue weighted by Crippen LogP contribution is 2.34. The van der Waals surface area contributed by atoms with E-state index in [0.717, 1.165) is 0 Å². The summed E-state index contributed by atoms with van der Waals surface area (Å²) in [5.74, 6) is -0.958. The first-order chi connectivity index (χ1) is 9.88. The van der Waals surface area contributed by atoms with Crippen molar-refractivity contribution >= 4 is 33.0 Å². The van der Waals surface area contributed by atoms with Gasteiger partial charge < -0.3 is 15.8 Å². The van der Waals surface area contributed by atoms with Crippen molar-refractivity contribution in [1.29, 1.82) is 0 Å². The van der Waals surface area contributed by atoms with Gasteiger partial charge in [0.25, 0.3) is 0 Å². The Morgan fingerprint density at radius 2 is 1.81 bits per heavy atom. The monoisotopic (exact) mass is 356 g/mol. The number of halogens is 3. The van der Waals surface area contributed by atoms with Crippen LogP contribution in [0.5, 0.6) is 5.75 Å². The van der Waals surface area contributed by atoms with Gasteiger partial charge in [0, 0.05) is 4.47 Å². The van der Waals surface area contributed by atoms with Crippen LogP contribution in [0.2, 0.25) is 0 Å². The molecule has 0 unspecified atom stereocenters. The Bertz CT molecular complexity index is 639. The molecule has 0 atom stereocenters. The molecule has 0 bridgehead atoms. The summed E-state index contributed by atoms with van der Waals surface area (Å²) >= 11 is 3.03. The topological polar surface area (TPSA) is 47.3 Å². The molecular weight excluding hydrogens is 342 g/mol. The van der Waals surface area contributed by atoms with Crippen molar-refractivity contribution in [2.24, 2.45) is 0 Å². The number of anilines is 3. The molecule has 0 aliphatic heterocycles. The summed E-state index contributed by atoms with van der Waals surface area (Å²) < 4.78 is 33.5. The molecule has 112 valence electrons. The van der Waals surface area contributed by atoms with Crippen LogP contribution in [-0.4, -0.2) is 6.10 Å². The minimum absolute atomic E-state index is 0.0521. The fourth-order valence-corrected chi connectivity index (χ4v) is 2.21. The van der Waals surface area contributed by atoms with Gasteiger partial charge in [0.1, 0.15) is 11.4 Å². The van der Waals surface area contributed by atoms with Crippen LogP contribution >= 0.6 is 15.9 Å². The van der Waals surface area contributed by atoms with Crippen LogP contribution in [0.25, 0.3) is 0 Å². The maximum Gasteiger partial charge on any atom is 0.150 e. The van der Waals surface area contributed by atoms with E-state index in [2.05, 4.69) is 21.2 Å². The number of hydrogen-bond acceptors (Lipinski definition) is 3. The Morgan fingerprint density at radius 3 is 2.38 bits per heavy atom. The van der Waals surface area contributed by atoms with Crippen LogP contribution < -0.4 is 15.8 Å². The molecule has 0 spiro atoms. The van der Waals surface area contributed by atoms with Crippen molar-refractivity contribution < 1.29 is 13.5 Å². The van der Waals surface area contributed by atoms with Crippen LogP contribution in [-0.2, 0) is 0 Å². The molecule has 3 nitrogen and oxygen atoms in total. The van der Waals surface area contributed by atoms with Gasteiger partial charge in [-0.2, -0.15) is 0 Å². The summed E-state index contributed by atoms with van der Waals surface area (Å²) in [5.41, 5.74) is 6.39. The molecule has 0 fully saturated rings. The van der Waals surface area contributed by atoms with Crippen molar-refractivity contribution in [2.75, 3.05) is 11.1 Å². The van der Waals surface area contributed by atoms with Gasteiger partial charge in [-0.05, 0) is 38.1 Å². The lowest BCUT2D eigenvalue weighted by molar-refractivity contribution is 0.244. The maximum absolute atomic E-state index is 13.8. The van der Waals surface area contributed by atoms with E-state index in [1.165, 1.54) is 12.1 Å². The molecule has 2 rings (SSSR count). The second-order valence-electron chi connectivity index (χ2n) is 4.75. The lowest BCUT2D eigenvalue weighted by Gasteiger charge is -2.16. The zero-order valence-corrected chi connectivity index (χ0v) is 13.2. The molecule has 0 heterocycles. The smallest absolute Gasteiger partial charge is 0.150 e. The van der Waals surface area contributed by atoms with Crippen LogP contribution in [0.4, 0.5) is 25.8 Å². The van der Waals surface area contributed by atoms with E-state index in [-0.39, 0.29) is 11.8 Å². The molecule has 0 aliphatic carbocycles. The van der Waals surface area contributed by atoms with Gasteiger partial charge in [0.2, 0.25) is 0 Å². The lowest BCUT2D eigenvalue weighted by atomic mass is 10.2. The number of para-hydroxylation sites is 1. The van der Waals surface area contributed by atoms with E-state index >= 15 is 0 Å². The third kappa shape index (κ3) is 3.64. The normalized spacial score (nSPS) is 10.8. The van der Waals surface area contributed by atoms with E-state index in [1.54, 1.807) is 18.2 Å². The molecule has 3 N–H and O–H groups in total. The van der Waals surface area contributed by atoms with E-state index in [9.17, 15) is 8.78 Å².